The monoisotopic (exact) mass is 389 g/mol. The molecule has 3 rings (SSSR count). The SMILES string of the molecule is Cc1ccccc1C(=O)N/N=C/c1cc(C)n(-c2ccc(CC(=O)O)cc2)c1C. The van der Waals surface area contributed by atoms with Crippen LogP contribution in [0, 0.1) is 20.8 Å². The molecular formula is C23H23N3O3. The van der Waals surface area contributed by atoms with Gasteiger partial charge in [-0.15, -0.1) is 0 Å². The van der Waals surface area contributed by atoms with Gasteiger partial charge >= 0.3 is 5.97 Å². The summed E-state index contributed by atoms with van der Waals surface area (Å²) in [7, 11) is 0. The first-order valence-electron chi connectivity index (χ1n) is 9.26. The number of carboxylic acids is 1. The predicted molar refractivity (Wildman–Crippen MR) is 113 cm³/mol. The van der Waals surface area contributed by atoms with Crippen molar-refractivity contribution in [3.05, 3.63) is 88.2 Å². The summed E-state index contributed by atoms with van der Waals surface area (Å²) < 4.78 is 2.06. The molecule has 2 aromatic carbocycles. The van der Waals surface area contributed by atoms with Crippen molar-refractivity contribution in [2.75, 3.05) is 0 Å². The summed E-state index contributed by atoms with van der Waals surface area (Å²) in [5.41, 5.74) is 8.64. The molecule has 0 atom stereocenters. The van der Waals surface area contributed by atoms with E-state index in [0.717, 1.165) is 33.8 Å². The summed E-state index contributed by atoms with van der Waals surface area (Å²) in [4.78, 5) is 23.1. The predicted octanol–water partition coefficient (Wildman–Crippen LogP) is 3.79. The minimum absolute atomic E-state index is 0.00240. The van der Waals surface area contributed by atoms with E-state index in [-0.39, 0.29) is 12.3 Å². The number of aromatic nitrogens is 1. The molecule has 29 heavy (non-hydrogen) atoms. The highest BCUT2D eigenvalue weighted by atomic mass is 16.4. The quantitative estimate of drug-likeness (QED) is 0.497. The Morgan fingerprint density at radius 2 is 1.76 bits per heavy atom. The highest BCUT2D eigenvalue weighted by Crippen LogP contribution is 2.20. The largest absolute Gasteiger partial charge is 0.481 e. The number of hydrogen-bond acceptors (Lipinski definition) is 3. The van der Waals surface area contributed by atoms with Gasteiger partial charge in [-0.1, -0.05) is 30.3 Å². The van der Waals surface area contributed by atoms with E-state index in [1.807, 2.05) is 69.3 Å². The van der Waals surface area contributed by atoms with Crippen molar-refractivity contribution in [2.45, 2.75) is 27.2 Å². The lowest BCUT2D eigenvalue weighted by molar-refractivity contribution is -0.136. The van der Waals surface area contributed by atoms with Gasteiger partial charge in [0.2, 0.25) is 0 Å². The molecule has 148 valence electrons. The van der Waals surface area contributed by atoms with E-state index < -0.39 is 5.97 Å². The fraction of sp³-hybridized carbons (Fsp3) is 0.174. The molecule has 0 unspecified atom stereocenters. The molecule has 6 nitrogen and oxygen atoms in total. The van der Waals surface area contributed by atoms with E-state index in [1.54, 1.807) is 12.3 Å². The maximum absolute atomic E-state index is 12.3. The second kappa shape index (κ2) is 8.56. The van der Waals surface area contributed by atoms with Crippen molar-refractivity contribution in [3.8, 4) is 5.69 Å². The van der Waals surface area contributed by atoms with Crippen LogP contribution in [0.25, 0.3) is 5.69 Å². The van der Waals surface area contributed by atoms with E-state index in [4.69, 9.17) is 5.11 Å². The first-order valence-corrected chi connectivity index (χ1v) is 9.26. The van der Waals surface area contributed by atoms with Crippen molar-refractivity contribution in [1.82, 2.24) is 9.99 Å². The Hall–Kier alpha value is -3.67. The standard InChI is InChI=1S/C23H23N3O3/c1-15-6-4-5-7-21(15)23(29)25-24-14-19-12-16(2)26(17(19)3)20-10-8-18(9-11-20)13-22(27)28/h4-12,14H,13H2,1-3H3,(H,25,29)(H,27,28)/b24-14+. The molecule has 0 aliphatic rings. The van der Waals surface area contributed by atoms with Crippen LogP contribution in [0.2, 0.25) is 0 Å². The third-order valence-electron chi connectivity index (χ3n) is 4.78. The second-order valence-electron chi connectivity index (χ2n) is 6.91. The summed E-state index contributed by atoms with van der Waals surface area (Å²) in [6, 6.07) is 16.8. The third kappa shape index (κ3) is 4.60. The van der Waals surface area contributed by atoms with Gasteiger partial charge < -0.3 is 9.67 Å². The molecule has 1 amide bonds. The van der Waals surface area contributed by atoms with Crippen molar-refractivity contribution in [1.29, 1.82) is 0 Å². The van der Waals surface area contributed by atoms with Crippen LogP contribution in [-0.2, 0) is 11.2 Å². The minimum Gasteiger partial charge on any atom is -0.481 e. The van der Waals surface area contributed by atoms with Gasteiger partial charge in [0.05, 0.1) is 12.6 Å². The zero-order chi connectivity index (χ0) is 21.0. The molecular weight excluding hydrogens is 366 g/mol. The number of hydrazone groups is 1. The van der Waals surface area contributed by atoms with Crippen LogP contribution in [0.5, 0.6) is 0 Å². The van der Waals surface area contributed by atoms with Gasteiger partial charge in [-0.25, -0.2) is 5.43 Å². The van der Waals surface area contributed by atoms with Gasteiger partial charge in [0.25, 0.3) is 5.91 Å². The number of rotatable bonds is 6. The number of carboxylic acid groups (broad SMARTS) is 1. The topological polar surface area (TPSA) is 83.7 Å². The zero-order valence-corrected chi connectivity index (χ0v) is 16.6. The van der Waals surface area contributed by atoms with Gasteiger partial charge in [0.1, 0.15) is 0 Å². The van der Waals surface area contributed by atoms with E-state index in [0.29, 0.717) is 5.56 Å². The molecule has 3 aromatic rings. The highest BCUT2D eigenvalue weighted by Gasteiger charge is 2.11. The number of carbonyl (C=O) groups is 2. The number of nitrogens with one attached hydrogen (secondary N) is 1. The Kier molecular flexibility index (Phi) is 5.93. The average molecular weight is 389 g/mol. The van der Waals surface area contributed by atoms with Crippen LogP contribution >= 0.6 is 0 Å². The summed E-state index contributed by atoms with van der Waals surface area (Å²) in [6.45, 7) is 5.85. The van der Waals surface area contributed by atoms with Gasteiger partial charge in [-0.3, -0.25) is 9.59 Å². The van der Waals surface area contributed by atoms with Gasteiger partial charge in [0, 0.05) is 28.2 Å². The lowest BCUT2D eigenvalue weighted by Gasteiger charge is -2.10. The Morgan fingerprint density at radius 1 is 1.07 bits per heavy atom. The van der Waals surface area contributed by atoms with Crippen molar-refractivity contribution in [2.24, 2.45) is 5.10 Å². The average Bonchev–Trinajstić information content (AvgIpc) is 2.96. The number of aryl methyl sites for hydroxylation is 2. The number of benzene rings is 2. The lowest BCUT2D eigenvalue weighted by Crippen LogP contribution is -2.18. The molecule has 0 bridgehead atoms. The molecule has 1 heterocycles. The van der Waals surface area contributed by atoms with Gasteiger partial charge in [-0.2, -0.15) is 5.10 Å². The highest BCUT2D eigenvalue weighted by molar-refractivity contribution is 5.96. The lowest BCUT2D eigenvalue weighted by atomic mass is 10.1. The van der Waals surface area contributed by atoms with Crippen LogP contribution < -0.4 is 5.43 Å². The van der Waals surface area contributed by atoms with Crippen LogP contribution in [0.4, 0.5) is 0 Å². The molecule has 1 aromatic heterocycles. The van der Waals surface area contributed by atoms with E-state index >= 15 is 0 Å². The molecule has 0 aliphatic heterocycles. The summed E-state index contributed by atoms with van der Waals surface area (Å²) in [6.07, 6.45) is 1.64. The van der Waals surface area contributed by atoms with Crippen LogP contribution in [0.1, 0.15) is 38.4 Å². The Morgan fingerprint density at radius 3 is 2.41 bits per heavy atom. The molecule has 0 fully saturated rings. The molecule has 2 N–H and O–H groups in total. The van der Waals surface area contributed by atoms with Crippen molar-refractivity contribution >= 4 is 18.1 Å². The van der Waals surface area contributed by atoms with E-state index in [2.05, 4.69) is 15.1 Å². The molecule has 0 saturated heterocycles. The van der Waals surface area contributed by atoms with Crippen LogP contribution in [-0.4, -0.2) is 27.8 Å². The van der Waals surface area contributed by atoms with Crippen molar-refractivity contribution < 1.29 is 14.7 Å². The fourth-order valence-electron chi connectivity index (χ4n) is 3.30. The molecule has 0 spiro atoms. The fourth-order valence-corrected chi connectivity index (χ4v) is 3.30. The van der Waals surface area contributed by atoms with Gasteiger partial charge in [0.15, 0.2) is 0 Å². The maximum Gasteiger partial charge on any atom is 0.307 e. The molecule has 0 radical (unpaired) electrons. The zero-order valence-electron chi connectivity index (χ0n) is 16.6. The number of aliphatic carboxylic acids is 1. The van der Waals surface area contributed by atoms with E-state index in [1.165, 1.54) is 0 Å². The number of amides is 1. The Labute approximate surface area is 169 Å². The number of hydrogen-bond donors (Lipinski definition) is 2. The van der Waals surface area contributed by atoms with Gasteiger partial charge in [-0.05, 0) is 56.2 Å². The number of carbonyl (C=O) groups excluding carboxylic acids is 1. The first kappa shape index (κ1) is 20.1. The number of nitrogens with zero attached hydrogens (tertiary/aromatic N) is 2. The molecule has 6 heteroatoms. The van der Waals surface area contributed by atoms with E-state index in [9.17, 15) is 9.59 Å². The summed E-state index contributed by atoms with van der Waals surface area (Å²) in [5.74, 6) is -1.10. The first-order chi connectivity index (χ1) is 13.9. The Bertz CT molecular complexity index is 1080. The summed E-state index contributed by atoms with van der Waals surface area (Å²) in [5, 5.41) is 13.0. The van der Waals surface area contributed by atoms with Crippen LogP contribution in [0.15, 0.2) is 59.7 Å². The van der Waals surface area contributed by atoms with Crippen molar-refractivity contribution in [3.63, 3.8) is 0 Å². The molecule has 0 saturated carbocycles. The third-order valence-corrected chi connectivity index (χ3v) is 4.78. The normalized spacial score (nSPS) is 11.0. The molecule has 0 aliphatic carbocycles. The van der Waals surface area contributed by atoms with Crippen LogP contribution in [0.3, 0.4) is 0 Å². The Balaban J connectivity index is 1.77. The second-order valence-corrected chi connectivity index (χ2v) is 6.91. The minimum atomic E-state index is -0.850. The summed E-state index contributed by atoms with van der Waals surface area (Å²) >= 11 is 0. The maximum atomic E-state index is 12.3. The smallest absolute Gasteiger partial charge is 0.307 e.